The second kappa shape index (κ2) is 32.3. The molecule has 0 bridgehead atoms. The Balaban J connectivity index is -0.000000670. The average molecular weight is 827 g/mol. The topological polar surface area (TPSA) is 418 Å². The Morgan fingerprint density at radius 1 is 0.660 bits per heavy atom. The first-order chi connectivity index (χ1) is 24.5. The maximum Gasteiger partial charge on any atom is 0.328 e. The summed E-state index contributed by atoms with van der Waals surface area (Å²) in [7, 11) is 3.17. The molecule has 53 heavy (non-hydrogen) atoms. The minimum absolute atomic E-state index is 0. The number of thioether (sulfide) groups is 2. The normalized spacial score (nSPS) is 9.55. The van der Waals surface area contributed by atoms with Crippen LogP contribution in [-0.2, 0) is 30.7 Å². The van der Waals surface area contributed by atoms with Crippen molar-refractivity contribution in [3.05, 3.63) is 46.5 Å². The second-order valence-corrected chi connectivity index (χ2v) is 12.3. The van der Waals surface area contributed by atoms with Crippen molar-refractivity contribution in [1.29, 1.82) is 0 Å². The fourth-order valence-electron chi connectivity index (χ4n) is 2.34. The molecule has 2 rings (SSSR count). The number of nitrogens with two attached hydrogens (primary N) is 4. The SMILES string of the molecule is CNC(=O)NCCSCc1csc(N=C(N)N)n1.CNC(=O)NCCSCc1csc(N=C(N)N)n1.O.O=C(O)/C=C\C(=O)O.O=C(O)/C=C\C(=O)O. The highest BCUT2D eigenvalue weighted by molar-refractivity contribution is 7.98. The summed E-state index contributed by atoms with van der Waals surface area (Å²) < 4.78 is 0. The van der Waals surface area contributed by atoms with Gasteiger partial charge in [0, 0.05) is 85.3 Å². The van der Waals surface area contributed by atoms with Crippen molar-refractivity contribution in [2.45, 2.75) is 11.5 Å². The zero-order valence-electron chi connectivity index (χ0n) is 28.2. The lowest BCUT2D eigenvalue weighted by Crippen LogP contribution is -2.34. The molecule has 0 saturated heterocycles. The summed E-state index contributed by atoms with van der Waals surface area (Å²) in [5, 5.41) is 46.6. The number of amides is 4. The molecule has 0 radical (unpaired) electrons. The van der Waals surface area contributed by atoms with Gasteiger partial charge in [-0.15, -0.1) is 22.7 Å². The van der Waals surface area contributed by atoms with E-state index in [4.69, 9.17) is 43.4 Å². The Morgan fingerprint density at radius 3 is 1.21 bits per heavy atom. The number of nitrogens with zero attached hydrogens (tertiary/aromatic N) is 4. The van der Waals surface area contributed by atoms with Gasteiger partial charge in [0.15, 0.2) is 11.9 Å². The molecule has 296 valence electrons. The molecule has 0 aliphatic rings. The van der Waals surface area contributed by atoms with E-state index in [0.717, 1.165) is 34.4 Å². The fourth-order valence-corrected chi connectivity index (χ4v) is 5.46. The monoisotopic (exact) mass is 826 g/mol. The Labute approximate surface area is 318 Å². The highest BCUT2D eigenvalue weighted by Crippen LogP contribution is 2.22. The third-order valence-electron chi connectivity index (χ3n) is 4.28. The van der Waals surface area contributed by atoms with Gasteiger partial charge in [0.05, 0.1) is 11.4 Å². The molecule has 2 aromatic rings. The van der Waals surface area contributed by atoms with Crippen LogP contribution in [0.1, 0.15) is 11.4 Å². The van der Waals surface area contributed by atoms with Crippen LogP contribution in [0.15, 0.2) is 45.0 Å². The Kier molecular flexibility index (Phi) is 31.5. The smallest absolute Gasteiger partial charge is 0.328 e. The van der Waals surface area contributed by atoms with E-state index < -0.39 is 23.9 Å². The molecule has 4 amide bonds. The maximum absolute atomic E-state index is 10.9. The number of hydrogen-bond acceptors (Lipinski definition) is 14. The number of carboxylic acids is 4. The van der Waals surface area contributed by atoms with Crippen molar-refractivity contribution in [1.82, 2.24) is 31.2 Å². The van der Waals surface area contributed by atoms with Gasteiger partial charge in [-0.25, -0.2) is 38.7 Å². The van der Waals surface area contributed by atoms with Gasteiger partial charge in [-0.3, -0.25) is 0 Å². The number of aliphatic carboxylic acids is 4. The number of carboxylic acid groups (broad SMARTS) is 4. The second-order valence-electron chi connectivity index (χ2n) is 8.45. The molecule has 0 fully saturated rings. The summed E-state index contributed by atoms with van der Waals surface area (Å²) in [6.07, 6.45) is 2.23. The summed E-state index contributed by atoms with van der Waals surface area (Å²) in [6, 6.07) is -0.335. The van der Waals surface area contributed by atoms with Gasteiger partial charge in [-0.05, 0) is 0 Å². The molecule has 23 nitrogen and oxygen atoms in total. The summed E-state index contributed by atoms with van der Waals surface area (Å²) in [6.45, 7) is 1.24. The lowest BCUT2D eigenvalue weighted by molar-refractivity contribution is -0.134. The van der Waals surface area contributed by atoms with E-state index >= 15 is 0 Å². The Hall–Kier alpha value is -5.64. The van der Waals surface area contributed by atoms with Crippen molar-refractivity contribution in [2.75, 3.05) is 38.7 Å². The number of rotatable bonds is 16. The van der Waals surface area contributed by atoms with Crippen LogP contribution in [0.5, 0.6) is 0 Å². The van der Waals surface area contributed by atoms with Gasteiger partial charge < -0.3 is 70.1 Å². The number of aliphatic imine (C=N–C) groups is 2. The number of urea groups is 2. The van der Waals surface area contributed by atoms with Crippen LogP contribution >= 0.6 is 46.2 Å². The molecule has 0 aliphatic carbocycles. The van der Waals surface area contributed by atoms with E-state index in [1.165, 1.54) is 22.7 Å². The minimum atomic E-state index is -1.26. The highest BCUT2D eigenvalue weighted by atomic mass is 32.2. The molecule has 0 spiro atoms. The van der Waals surface area contributed by atoms with Crippen LogP contribution in [0.3, 0.4) is 0 Å². The zero-order valence-corrected chi connectivity index (χ0v) is 31.4. The van der Waals surface area contributed by atoms with Crippen molar-refractivity contribution in [3.63, 3.8) is 0 Å². The van der Waals surface area contributed by atoms with E-state index in [1.54, 1.807) is 37.6 Å². The van der Waals surface area contributed by atoms with Crippen LogP contribution in [0.2, 0.25) is 0 Å². The molecule has 27 heteroatoms. The largest absolute Gasteiger partial charge is 0.478 e. The first-order valence-electron chi connectivity index (χ1n) is 13.9. The third kappa shape index (κ3) is 36.0. The minimum Gasteiger partial charge on any atom is -0.478 e. The summed E-state index contributed by atoms with van der Waals surface area (Å²) >= 11 is 6.16. The van der Waals surface area contributed by atoms with Crippen molar-refractivity contribution < 1.29 is 54.7 Å². The summed E-state index contributed by atoms with van der Waals surface area (Å²) in [5.41, 5.74) is 22.9. The van der Waals surface area contributed by atoms with Crippen LogP contribution in [0, 0.1) is 0 Å². The predicted octanol–water partition coefficient (Wildman–Crippen LogP) is -0.981. The highest BCUT2D eigenvalue weighted by Gasteiger charge is 2.03. The van der Waals surface area contributed by atoms with Gasteiger partial charge >= 0.3 is 35.9 Å². The molecule has 0 saturated carbocycles. The molecular weight excluding hydrogens is 785 g/mol. The average Bonchev–Trinajstić information content (AvgIpc) is 3.71. The Morgan fingerprint density at radius 2 is 0.962 bits per heavy atom. The van der Waals surface area contributed by atoms with Crippen LogP contribution in [0.4, 0.5) is 19.9 Å². The molecule has 0 aromatic carbocycles. The maximum atomic E-state index is 10.9. The quantitative estimate of drug-likeness (QED) is 0.0419. The third-order valence-corrected chi connectivity index (χ3v) is 7.84. The first-order valence-corrected chi connectivity index (χ1v) is 18.0. The van der Waals surface area contributed by atoms with E-state index in [-0.39, 0.29) is 29.5 Å². The standard InChI is InChI=1S/2C9H16N6OS2.2C4H4O4.H2O/c2*1-12-8(16)13-2-3-17-4-6-5-18-9(14-6)15-7(10)11;2*5-3(6)1-2-4(7)8;/h2*5H,2-4H2,1H3,(H2,12,13,16)(H4,10,11,14,15);2*1-2H,(H,5,6)(H,7,8);1H2/b;;2*2-1-;. The van der Waals surface area contributed by atoms with Gasteiger partial charge in [0.2, 0.25) is 10.3 Å². The summed E-state index contributed by atoms with van der Waals surface area (Å²) in [5.74, 6) is -1.82. The summed E-state index contributed by atoms with van der Waals surface area (Å²) in [4.78, 5) is 76.2. The lowest BCUT2D eigenvalue weighted by Gasteiger charge is -2.02. The van der Waals surface area contributed by atoms with Gasteiger partial charge in [-0.2, -0.15) is 33.5 Å². The lowest BCUT2D eigenvalue weighted by atomic mass is 10.5. The Bertz CT molecular complexity index is 1400. The van der Waals surface area contributed by atoms with Gasteiger partial charge in [0.25, 0.3) is 0 Å². The number of nitrogens with one attached hydrogen (secondary N) is 4. The van der Waals surface area contributed by atoms with Crippen molar-refractivity contribution in [3.8, 4) is 0 Å². The molecule has 18 N–H and O–H groups in total. The number of aromatic nitrogens is 2. The van der Waals surface area contributed by atoms with Gasteiger partial charge in [-0.1, -0.05) is 0 Å². The molecular formula is C26H42N12O11S4. The molecule has 0 atom stereocenters. The van der Waals surface area contributed by atoms with E-state index in [2.05, 4.69) is 41.2 Å². The number of carbonyl (C=O) groups excluding carboxylic acids is 2. The number of guanidine groups is 2. The molecule has 0 unspecified atom stereocenters. The van der Waals surface area contributed by atoms with Crippen molar-refractivity contribution in [2.24, 2.45) is 32.9 Å². The molecule has 0 aliphatic heterocycles. The van der Waals surface area contributed by atoms with E-state index in [1.807, 2.05) is 10.8 Å². The first kappa shape index (κ1) is 51.7. The van der Waals surface area contributed by atoms with Gasteiger partial charge in [0.1, 0.15) is 0 Å². The van der Waals surface area contributed by atoms with Crippen LogP contribution < -0.4 is 44.2 Å². The van der Waals surface area contributed by atoms with E-state index in [9.17, 15) is 28.8 Å². The van der Waals surface area contributed by atoms with E-state index in [0.29, 0.717) is 47.7 Å². The number of carbonyl (C=O) groups is 6. The molecule has 2 aromatic heterocycles. The zero-order chi connectivity index (χ0) is 39.9. The number of hydrogen-bond donors (Lipinski definition) is 12. The van der Waals surface area contributed by atoms with Crippen LogP contribution in [0.25, 0.3) is 0 Å². The number of thiazole rings is 2. The van der Waals surface area contributed by atoms with Crippen molar-refractivity contribution >= 4 is 104 Å². The predicted molar refractivity (Wildman–Crippen MR) is 205 cm³/mol. The fraction of sp³-hybridized carbons (Fsp3) is 0.308. The molecule has 2 heterocycles. The van der Waals surface area contributed by atoms with Crippen LogP contribution in [-0.4, -0.2) is 122 Å².